The molecule has 10 nitrogen and oxygen atoms in total. The first-order valence-electron chi connectivity index (χ1n) is 15.0. The number of piperazine rings is 1. The molecule has 2 atom stereocenters. The van der Waals surface area contributed by atoms with Gasteiger partial charge in [-0.15, -0.1) is 0 Å². The number of anilines is 1. The first kappa shape index (κ1) is 33.0. The van der Waals surface area contributed by atoms with Crippen molar-refractivity contribution in [1.82, 2.24) is 29.7 Å². The van der Waals surface area contributed by atoms with E-state index >= 15 is 4.39 Å². The number of benzene rings is 1. The third kappa shape index (κ3) is 6.61. The number of alkyl halides is 3. The second-order valence-electron chi connectivity index (χ2n) is 11.6. The number of nitriles is 1. The zero-order chi connectivity index (χ0) is 34.0. The van der Waals surface area contributed by atoms with Gasteiger partial charge >= 0.3 is 6.01 Å². The fourth-order valence-corrected chi connectivity index (χ4v) is 6.42. The number of fused-ring (bicyclic) bond motifs is 2. The molecule has 0 radical (unpaired) electrons. The van der Waals surface area contributed by atoms with Gasteiger partial charge in [-0.2, -0.15) is 15.2 Å². The van der Waals surface area contributed by atoms with Gasteiger partial charge < -0.3 is 14.5 Å². The van der Waals surface area contributed by atoms with Crippen LogP contribution in [0.25, 0.3) is 32.9 Å². The smallest absolute Gasteiger partial charge is 0.319 e. The van der Waals surface area contributed by atoms with E-state index in [1.54, 1.807) is 42.4 Å². The average Bonchev–Trinajstić information content (AvgIpc) is 3.35. The summed E-state index contributed by atoms with van der Waals surface area (Å²) in [7, 11) is 1.57. The lowest BCUT2D eigenvalue weighted by Crippen LogP contribution is -2.54. The molecule has 1 amide bonds. The van der Waals surface area contributed by atoms with Crippen LogP contribution in [0.3, 0.4) is 0 Å². The monoisotopic (exact) mass is 680 g/mol. The highest BCUT2D eigenvalue weighted by Crippen LogP contribution is 2.37. The van der Waals surface area contributed by atoms with E-state index in [0.717, 1.165) is 12.2 Å². The third-order valence-electron chi connectivity index (χ3n) is 8.42. The molecule has 2 aliphatic heterocycles. The first-order valence-corrected chi connectivity index (χ1v) is 15.4. The number of ether oxygens (including phenoxy) is 1. The lowest BCUT2D eigenvalue weighted by Gasteiger charge is -2.40. The van der Waals surface area contributed by atoms with Gasteiger partial charge in [0.05, 0.1) is 24.0 Å². The fourth-order valence-electron chi connectivity index (χ4n) is 6.14. The number of hydrogen-bond donors (Lipinski definition) is 0. The van der Waals surface area contributed by atoms with Gasteiger partial charge in [0.25, 0.3) is 5.92 Å². The zero-order valence-corrected chi connectivity index (χ0v) is 26.4. The van der Waals surface area contributed by atoms with E-state index in [1.807, 2.05) is 6.07 Å². The van der Waals surface area contributed by atoms with Gasteiger partial charge in [-0.05, 0) is 25.3 Å². The van der Waals surface area contributed by atoms with E-state index in [-0.39, 0.29) is 54.7 Å². The van der Waals surface area contributed by atoms with Crippen LogP contribution in [0.1, 0.15) is 6.42 Å². The topological polar surface area (TPSA) is 111 Å². The number of likely N-dealkylation sites (N-methyl/N-ethyl adjacent to an activating group) is 1. The summed E-state index contributed by atoms with van der Waals surface area (Å²) in [5.74, 6) is -3.88. The quantitative estimate of drug-likeness (QED) is 0.138. The highest BCUT2D eigenvalue weighted by Gasteiger charge is 2.43. The summed E-state index contributed by atoms with van der Waals surface area (Å²) in [5, 5.41) is 11.0. The van der Waals surface area contributed by atoms with Crippen molar-refractivity contribution in [2.75, 3.05) is 51.4 Å². The molecule has 0 aliphatic carbocycles. The molecule has 6 rings (SSSR count). The van der Waals surface area contributed by atoms with E-state index in [4.69, 9.17) is 16.3 Å². The Balaban J connectivity index is 1.44. The molecule has 48 heavy (non-hydrogen) atoms. The lowest BCUT2D eigenvalue weighted by atomic mass is 10.0. The Morgan fingerprint density at radius 1 is 1.23 bits per heavy atom. The molecule has 0 saturated carbocycles. The summed E-state index contributed by atoms with van der Waals surface area (Å²) in [4.78, 5) is 35.2. The Bertz CT molecular complexity index is 1960. The number of hydrogen-bond acceptors (Lipinski definition) is 9. The number of amides is 1. The van der Waals surface area contributed by atoms with E-state index in [0.29, 0.717) is 21.4 Å². The predicted molar refractivity (Wildman–Crippen MR) is 172 cm³/mol. The summed E-state index contributed by atoms with van der Waals surface area (Å²) >= 11 is 6.52. The highest BCUT2D eigenvalue weighted by atomic mass is 35.5. The van der Waals surface area contributed by atoms with Crippen molar-refractivity contribution >= 4 is 45.0 Å². The maximum atomic E-state index is 16.6. The van der Waals surface area contributed by atoms with Crippen LogP contribution in [0.15, 0.2) is 61.1 Å². The number of allylic oxidation sites excluding steroid dienone is 2. The summed E-state index contributed by atoms with van der Waals surface area (Å²) in [5.41, 5.74) is 0.136. The molecular weight excluding hydrogens is 652 g/mol. The molecule has 0 bridgehead atoms. The van der Waals surface area contributed by atoms with Crippen LogP contribution in [-0.2, 0) is 4.79 Å². The summed E-state index contributed by atoms with van der Waals surface area (Å²) in [6.45, 7) is -0.888. The Labute approximate surface area is 277 Å². The van der Waals surface area contributed by atoms with E-state index in [1.165, 1.54) is 28.3 Å². The van der Waals surface area contributed by atoms with Crippen LogP contribution in [0, 0.1) is 17.1 Å². The number of halogens is 5. The Hall–Kier alpha value is -4.87. The SMILES string of the molecule is CN1CC(F)(F)C[C@H]1COc1nc(N2CCN(C(=O)/C=C/CF)C(/C=C/C#N)C2)c2cnc(-c3cncc4cccc(Cl)c34)c(F)c2n1. The molecule has 2 saturated heterocycles. The summed E-state index contributed by atoms with van der Waals surface area (Å²) < 4.78 is 63.4. The molecule has 0 N–H and O–H groups in total. The predicted octanol–water partition coefficient (Wildman–Crippen LogP) is 5.37. The van der Waals surface area contributed by atoms with Crippen molar-refractivity contribution in [3.63, 3.8) is 0 Å². The van der Waals surface area contributed by atoms with E-state index < -0.39 is 49.4 Å². The molecule has 1 aromatic carbocycles. The number of pyridine rings is 2. The maximum absolute atomic E-state index is 16.6. The van der Waals surface area contributed by atoms with Gasteiger partial charge in [-0.3, -0.25) is 19.7 Å². The Kier molecular flexibility index (Phi) is 9.43. The van der Waals surface area contributed by atoms with Gasteiger partial charge in [0.15, 0.2) is 5.82 Å². The Morgan fingerprint density at radius 3 is 2.81 bits per heavy atom. The van der Waals surface area contributed by atoms with Crippen LogP contribution < -0.4 is 9.64 Å². The molecule has 2 aliphatic rings. The number of carbonyl (C=O) groups is 1. The van der Waals surface area contributed by atoms with Crippen LogP contribution in [0.2, 0.25) is 5.02 Å². The van der Waals surface area contributed by atoms with Crippen LogP contribution >= 0.6 is 11.6 Å². The van der Waals surface area contributed by atoms with Crippen molar-refractivity contribution in [3.8, 4) is 23.3 Å². The number of likely N-dealkylation sites (tertiary alicyclic amines) is 1. The minimum absolute atomic E-state index is 0.0654. The van der Waals surface area contributed by atoms with Crippen molar-refractivity contribution in [2.45, 2.75) is 24.4 Å². The molecule has 3 aromatic heterocycles. The summed E-state index contributed by atoms with van der Waals surface area (Å²) in [6.07, 6.45) is 9.09. The second-order valence-corrected chi connectivity index (χ2v) is 12.0. The normalized spacial score (nSPS) is 19.9. The second kappa shape index (κ2) is 13.7. The molecule has 2 fully saturated rings. The van der Waals surface area contributed by atoms with Crippen molar-refractivity contribution in [2.24, 2.45) is 0 Å². The van der Waals surface area contributed by atoms with Gasteiger partial charge in [-0.25, -0.2) is 17.6 Å². The zero-order valence-electron chi connectivity index (χ0n) is 25.7. The third-order valence-corrected chi connectivity index (χ3v) is 8.73. The van der Waals surface area contributed by atoms with Crippen LogP contribution in [0.4, 0.5) is 23.4 Å². The number of rotatable bonds is 8. The van der Waals surface area contributed by atoms with Gasteiger partial charge in [0, 0.05) is 84.2 Å². The Morgan fingerprint density at radius 2 is 2.06 bits per heavy atom. The standard InChI is InChI=1S/C33H29ClF4N8O2/c1-44-19-33(37,38)13-22(44)18-48-32-42-30-24(16-41-29(28(30)36)23-15-40-14-20-5-2-7-25(34)27(20)23)31(43-32)45-11-12-46(26(47)8-3-9-35)21(17-45)6-4-10-39/h2-8,14-16,21-22H,9,11-13,17-19H2,1H3/b6-4+,8-3+/t21?,22-/m0/s1. The molecule has 5 heterocycles. The fraction of sp³-hybridized carbons (Fsp3) is 0.333. The molecular formula is C33H29ClF4N8O2. The molecule has 15 heteroatoms. The lowest BCUT2D eigenvalue weighted by molar-refractivity contribution is -0.127. The summed E-state index contributed by atoms with van der Waals surface area (Å²) in [6, 6.07) is 5.65. The first-order chi connectivity index (χ1) is 23.1. The van der Waals surface area contributed by atoms with E-state index in [9.17, 15) is 23.2 Å². The van der Waals surface area contributed by atoms with Crippen molar-refractivity contribution in [3.05, 3.63) is 71.9 Å². The minimum Gasteiger partial charge on any atom is -0.462 e. The van der Waals surface area contributed by atoms with Crippen LogP contribution in [0.5, 0.6) is 6.01 Å². The van der Waals surface area contributed by atoms with Crippen molar-refractivity contribution in [1.29, 1.82) is 5.26 Å². The number of nitrogens with zero attached hydrogens (tertiary/aromatic N) is 8. The minimum atomic E-state index is -2.87. The number of aromatic nitrogens is 4. The average molecular weight is 681 g/mol. The van der Waals surface area contributed by atoms with Crippen LogP contribution in [-0.4, -0.2) is 100 Å². The highest BCUT2D eigenvalue weighted by molar-refractivity contribution is 6.36. The van der Waals surface area contributed by atoms with Gasteiger partial charge in [0.2, 0.25) is 5.91 Å². The largest absolute Gasteiger partial charge is 0.462 e. The molecule has 0 spiro atoms. The van der Waals surface area contributed by atoms with E-state index in [2.05, 4.69) is 19.9 Å². The maximum Gasteiger partial charge on any atom is 0.319 e. The van der Waals surface area contributed by atoms with Gasteiger partial charge in [0.1, 0.15) is 30.3 Å². The van der Waals surface area contributed by atoms with Crippen molar-refractivity contribution < 1.29 is 27.1 Å². The van der Waals surface area contributed by atoms with Gasteiger partial charge in [-0.1, -0.05) is 23.7 Å². The number of carbonyl (C=O) groups excluding carboxylic acids is 1. The molecule has 1 unspecified atom stereocenters. The molecule has 248 valence electrons. The molecule has 4 aromatic rings.